The van der Waals surface area contributed by atoms with Crippen LogP contribution in [0.5, 0.6) is 11.5 Å². The van der Waals surface area contributed by atoms with Crippen molar-refractivity contribution in [3.8, 4) is 11.5 Å². The minimum Gasteiger partial charge on any atom is -0.486 e. The molecule has 1 amide bonds. The van der Waals surface area contributed by atoms with Crippen LogP contribution < -0.4 is 14.8 Å². The third kappa shape index (κ3) is 4.49. The SMILES string of the molecule is CSc1ccccc1C(=O)OCC(=O)NC[C@@H]1COc2ccccc2O1. The van der Waals surface area contributed by atoms with E-state index in [2.05, 4.69) is 5.32 Å². The van der Waals surface area contributed by atoms with E-state index in [1.54, 1.807) is 12.1 Å². The molecule has 1 heterocycles. The summed E-state index contributed by atoms with van der Waals surface area (Å²) in [5, 5.41) is 2.69. The van der Waals surface area contributed by atoms with Crippen molar-refractivity contribution in [2.75, 3.05) is 26.0 Å². The molecule has 1 N–H and O–H groups in total. The fraction of sp³-hybridized carbons (Fsp3) is 0.263. The van der Waals surface area contributed by atoms with E-state index in [0.29, 0.717) is 23.7 Å². The molecule has 2 aromatic carbocycles. The smallest absolute Gasteiger partial charge is 0.339 e. The summed E-state index contributed by atoms with van der Waals surface area (Å²) in [4.78, 5) is 24.9. The van der Waals surface area contributed by atoms with Crippen molar-refractivity contribution >= 4 is 23.6 Å². The first-order valence-corrected chi connectivity index (χ1v) is 9.35. The van der Waals surface area contributed by atoms with Crippen molar-refractivity contribution < 1.29 is 23.8 Å². The lowest BCUT2D eigenvalue weighted by Crippen LogP contribution is -2.42. The van der Waals surface area contributed by atoms with E-state index in [0.717, 1.165) is 4.90 Å². The Balaban J connectivity index is 1.44. The van der Waals surface area contributed by atoms with Crippen molar-refractivity contribution in [2.45, 2.75) is 11.0 Å². The minimum absolute atomic E-state index is 0.270. The van der Waals surface area contributed by atoms with Crippen LogP contribution >= 0.6 is 11.8 Å². The van der Waals surface area contributed by atoms with Crippen molar-refractivity contribution in [1.82, 2.24) is 5.32 Å². The van der Waals surface area contributed by atoms with Gasteiger partial charge in [0.2, 0.25) is 0 Å². The average molecular weight is 373 g/mol. The molecule has 1 aliphatic heterocycles. The molecule has 26 heavy (non-hydrogen) atoms. The van der Waals surface area contributed by atoms with Gasteiger partial charge in [0.25, 0.3) is 5.91 Å². The number of ether oxygens (including phenoxy) is 3. The lowest BCUT2D eigenvalue weighted by atomic mass is 10.2. The zero-order valence-electron chi connectivity index (χ0n) is 14.3. The molecule has 136 valence electrons. The lowest BCUT2D eigenvalue weighted by molar-refractivity contribution is -0.124. The monoisotopic (exact) mass is 373 g/mol. The average Bonchev–Trinajstić information content (AvgIpc) is 2.70. The molecule has 0 radical (unpaired) electrons. The summed E-state index contributed by atoms with van der Waals surface area (Å²) in [6.07, 6.45) is 1.59. The molecule has 0 saturated carbocycles. The molecule has 0 fully saturated rings. The molecule has 2 aromatic rings. The molecule has 6 nitrogen and oxygen atoms in total. The van der Waals surface area contributed by atoms with Gasteiger partial charge in [-0.25, -0.2) is 4.79 Å². The maximum absolute atomic E-state index is 12.1. The zero-order chi connectivity index (χ0) is 18.4. The number of carbonyl (C=O) groups is 2. The van der Waals surface area contributed by atoms with Crippen LogP contribution in [0.1, 0.15) is 10.4 Å². The van der Waals surface area contributed by atoms with Crippen molar-refractivity contribution in [2.24, 2.45) is 0 Å². The third-order valence-electron chi connectivity index (χ3n) is 3.76. The molecule has 3 rings (SSSR count). The van der Waals surface area contributed by atoms with Gasteiger partial charge in [-0.15, -0.1) is 11.8 Å². The molecule has 0 saturated heterocycles. The van der Waals surface area contributed by atoms with E-state index in [9.17, 15) is 9.59 Å². The Bertz CT molecular complexity index is 795. The summed E-state index contributed by atoms with van der Waals surface area (Å²) in [5.74, 6) is 0.438. The van der Waals surface area contributed by atoms with Crippen LogP contribution in [0, 0.1) is 0 Å². The first kappa shape index (κ1) is 18.1. The Morgan fingerprint density at radius 2 is 1.88 bits per heavy atom. The Morgan fingerprint density at radius 3 is 2.69 bits per heavy atom. The van der Waals surface area contributed by atoms with Crippen molar-refractivity contribution in [3.05, 3.63) is 54.1 Å². The molecule has 1 aliphatic rings. The van der Waals surface area contributed by atoms with Gasteiger partial charge >= 0.3 is 5.97 Å². The predicted octanol–water partition coefficient (Wildman–Crippen LogP) is 2.52. The first-order chi connectivity index (χ1) is 12.7. The number of para-hydroxylation sites is 2. The van der Waals surface area contributed by atoms with Gasteiger partial charge in [-0.2, -0.15) is 0 Å². The number of nitrogens with one attached hydrogen (secondary N) is 1. The van der Waals surface area contributed by atoms with Crippen LogP contribution in [-0.4, -0.2) is 44.0 Å². The second-order valence-corrected chi connectivity index (χ2v) is 6.43. The van der Waals surface area contributed by atoms with Crippen LogP contribution in [-0.2, 0) is 9.53 Å². The number of rotatable bonds is 6. The number of amides is 1. The number of esters is 1. The molecule has 0 spiro atoms. The molecular formula is C19H19NO5S. The second-order valence-electron chi connectivity index (χ2n) is 5.58. The van der Waals surface area contributed by atoms with Gasteiger partial charge in [0.05, 0.1) is 12.1 Å². The molecule has 0 bridgehead atoms. The Hall–Kier alpha value is -2.67. The molecule has 7 heteroatoms. The lowest BCUT2D eigenvalue weighted by Gasteiger charge is -2.26. The standard InChI is InChI=1S/C19H19NO5S/c1-26-17-9-5-2-6-14(17)19(22)24-12-18(21)20-10-13-11-23-15-7-3-4-8-16(15)25-13/h2-9,13H,10-12H2,1H3,(H,20,21)/t13-/m1/s1. The third-order valence-corrected chi connectivity index (χ3v) is 4.55. The van der Waals surface area contributed by atoms with E-state index < -0.39 is 5.97 Å². The summed E-state index contributed by atoms with van der Waals surface area (Å²) >= 11 is 1.45. The summed E-state index contributed by atoms with van der Waals surface area (Å²) < 4.78 is 16.4. The number of carbonyl (C=O) groups excluding carboxylic acids is 2. The van der Waals surface area contributed by atoms with E-state index >= 15 is 0 Å². The van der Waals surface area contributed by atoms with Crippen molar-refractivity contribution in [1.29, 1.82) is 0 Å². The molecular weight excluding hydrogens is 354 g/mol. The highest BCUT2D eigenvalue weighted by Gasteiger charge is 2.21. The predicted molar refractivity (Wildman–Crippen MR) is 97.9 cm³/mol. The molecule has 0 unspecified atom stereocenters. The number of benzene rings is 2. The van der Waals surface area contributed by atoms with Gasteiger partial charge in [-0.3, -0.25) is 4.79 Å². The molecule has 0 aromatic heterocycles. The van der Waals surface area contributed by atoms with Gasteiger partial charge in [0, 0.05) is 4.90 Å². The van der Waals surface area contributed by atoms with E-state index in [1.165, 1.54) is 11.8 Å². The molecule has 0 aliphatic carbocycles. The highest BCUT2D eigenvalue weighted by molar-refractivity contribution is 7.98. The number of fused-ring (bicyclic) bond motifs is 1. The van der Waals surface area contributed by atoms with Crippen LogP contribution in [0.4, 0.5) is 0 Å². The fourth-order valence-corrected chi connectivity index (χ4v) is 3.05. The number of thioether (sulfide) groups is 1. The molecule has 1 atom stereocenters. The minimum atomic E-state index is -0.517. The zero-order valence-corrected chi connectivity index (χ0v) is 15.1. The van der Waals surface area contributed by atoms with Crippen LogP contribution in [0.15, 0.2) is 53.4 Å². The first-order valence-electron chi connectivity index (χ1n) is 8.12. The van der Waals surface area contributed by atoms with Gasteiger partial charge in [0.15, 0.2) is 18.1 Å². The normalized spacial score (nSPS) is 15.2. The maximum Gasteiger partial charge on any atom is 0.339 e. The Labute approximate surface area is 155 Å². The van der Waals surface area contributed by atoms with Gasteiger partial charge in [0.1, 0.15) is 12.7 Å². The summed E-state index contributed by atoms with van der Waals surface area (Å²) in [6, 6.07) is 14.5. The Morgan fingerprint density at radius 1 is 1.15 bits per heavy atom. The van der Waals surface area contributed by atoms with E-state index in [4.69, 9.17) is 14.2 Å². The Kier molecular flexibility index (Phi) is 6.01. The number of hydrogen-bond donors (Lipinski definition) is 1. The summed E-state index contributed by atoms with van der Waals surface area (Å²) in [7, 11) is 0. The van der Waals surface area contributed by atoms with E-state index in [1.807, 2.05) is 42.7 Å². The van der Waals surface area contributed by atoms with Gasteiger partial charge in [-0.05, 0) is 30.5 Å². The highest BCUT2D eigenvalue weighted by atomic mass is 32.2. The van der Waals surface area contributed by atoms with E-state index in [-0.39, 0.29) is 25.2 Å². The quantitative estimate of drug-likeness (QED) is 0.620. The summed E-state index contributed by atoms with van der Waals surface area (Å²) in [5.41, 5.74) is 0.452. The topological polar surface area (TPSA) is 73.9 Å². The fourth-order valence-electron chi connectivity index (χ4n) is 2.46. The summed E-state index contributed by atoms with van der Waals surface area (Å²) in [6.45, 7) is 0.274. The second kappa shape index (κ2) is 8.62. The van der Waals surface area contributed by atoms with Crippen LogP contribution in [0.3, 0.4) is 0 Å². The van der Waals surface area contributed by atoms with Crippen molar-refractivity contribution in [3.63, 3.8) is 0 Å². The van der Waals surface area contributed by atoms with Crippen LogP contribution in [0.2, 0.25) is 0 Å². The number of hydrogen-bond acceptors (Lipinski definition) is 6. The largest absolute Gasteiger partial charge is 0.486 e. The van der Waals surface area contributed by atoms with Crippen LogP contribution in [0.25, 0.3) is 0 Å². The van der Waals surface area contributed by atoms with Gasteiger partial charge < -0.3 is 19.5 Å². The van der Waals surface area contributed by atoms with Gasteiger partial charge in [-0.1, -0.05) is 24.3 Å². The maximum atomic E-state index is 12.1. The highest BCUT2D eigenvalue weighted by Crippen LogP contribution is 2.30.